The Morgan fingerprint density at radius 1 is 1.35 bits per heavy atom. The monoisotopic (exact) mass is 453 g/mol. The van der Waals surface area contributed by atoms with Gasteiger partial charge >= 0.3 is 0 Å². The van der Waals surface area contributed by atoms with Gasteiger partial charge in [-0.1, -0.05) is 24.6 Å². The van der Waals surface area contributed by atoms with Crippen molar-refractivity contribution in [2.24, 2.45) is 0 Å². The van der Waals surface area contributed by atoms with Crippen LogP contribution in [0.2, 0.25) is 5.02 Å². The van der Waals surface area contributed by atoms with Crippen LogP contribution in [0, 0.1) is 11.6 Å². The van der Waals surface area contributed by atoms with Crippen molar-refractivity contribution >= 4 is 17.5 Å². The summed E-state index contributed by atoms with van der Waals surface area (Å²) in [5.41, 5.74) is -0.649. The largest absolute Gasteiger partial charge is 0.503 e. The molecule has 0 bridgehead atoms. The Balaban J connectivity index is 1.64. The minimum Gasteiger partial charge on any atom is -0.503 e. The summed E-state index contributed by atoms with van der Waals surface area (Å²) in [6.07, 6.45) is 2.23. The lowest BCUT2D eigenvalue weighted by Gasteiger charge is -2.45. The molecule has 2 N–H and O–H groups in total. The maximum atomic E-state index is 14.1. The van der Waals surface area contributed by atoms with E-state index < -0.39 is 33.7 Å². The first kappa shape index (κ1) is 21.7. The number of rotatable bonds is 4. The second-order valence-electron chi connectivity index (χ2n) is 7.65. The maximum Gasteiger partial charge on any atom is 0.257 e. The second kappa shape index (κ2) is 8.57. The number of aromatic nitrogens is 1. The molecule has 3 heterocycles. The first-order valence-electron chi connectivity index (χ1n) is 10.0. The molecule has 2 unspecified atom stereocenters. The van der Waals surface area contributed by atoms with Gasteiger partial charge in [-0.2, -0.15) is 0 Å². The number of nitrogens with zero attached hydrogens (tertiary/aromatic N) is 2. The molecular formula is C21H22ClF2N3O4. The van der Waals surface area contributed by atoms with Gasteiger partial charge in [0.05, 0.1) is 18.3 Å². The topological polar surface area (TPSA) is 83.8 Å². The minimum absolute atomic E-state index is 0.0265. The predicted molar refractivity (Wildman–Crippen MR) is 109 cm³/mol. The average Bonchev–Trinajstić information content (AvgIpc) is 2.78. The van der Waals surface area contributed by atoms with Crippen LogP contribution in [0.1, 0.15) is 41.0 Å². The van der Waals surface area contributed by atoms with E-state index in [0.717, 1.165) is 25.1 Å². The van der Waals surface area contributed by atoms with Crippen LogP contribution in [0.3, 0.4) is 0 Å². The first-order chi connectivity index (χ1) is 14.8. The molecule has 2 aromatic rings. The SMILES string of the molecule is CCN1Cc2c(O)c(=O)c(C(=O)NCc3ccc(F)c(Cl)c3F)cn2C2COCCC21. The summed E-state index contributed by atoms with van der Waals surface area (Å²) in [5.74, 6) is -3.14. The van der Waals surface area contributed by atoms with Gasteiger partial charge in [0.15, 0.2) is 5.75 Å². The zero-order chi connectivity index (χ0) is 22.3. The minimum atomic E-state index is -0.978. The van der Waals surface area contributed by atoms with Crippen LogP contribution >= 0.6 is 11.6 Å². The van der Waals surface area contributed by atoms with E-state index in [0.29, 0.717) is 25.5 Å². The third-order valence-corrected chi connectivity index (χ3v) is 6.33. The van der Waals surface area contributed by atoms with Gasteiger partial charge < -0.3 is 19.7 Å². The molecule has 1 aromatic heterocycles. The lowest BCUT2D eigenvalue weighted by atomic mass is 9.96. The molecule has 2 aliphatic rings. The third-order valence-electron chi connectivity index (χ3n) is 5.99. The van der Waals surface area contributed by atoms with E-state index in [9.17, 15) is 23.5 Å². The number of fused-ring (bicyclic) bond motifs is 3. The number of nitrogens with one attached hydrogen (secondary N) is 1. The van der Waals surface area contributed by atoms with E-state index >= 15 is 0 Å². The predicted octanol–water partition coefficient (Wildman–Crippen LogP) is 2.58. The molecule has 1 fully saturated rings. The number of halogens is 3. The second-order valence-corrected chi connectivity index (χ2v) is 8.03. The van der Waals surface area contributed by atoms with Crippen LogP contribution in [0.4, 0.5) is 8.78 Å². The molecule has 0 spiro atoms. The summed E-state index contributed by atoms with van der Waals surface area (Å²) in [5, 5.41) is 12.4. The van der Waals surface area contributed by atoms with Crippen LogP contribution in [0.5, 0.6) is 5.75 Å². The van der Waals surface area contributed by atoms with Crippen molar-refractivity contribution in [3.8, 4) is 5.75 Å². The average molecular weight is 454 g/mol. The van der Waals surface area contributed by atoms with Gasteiger partial charge in [0.1, 0.15) is 22.2 Å². The zero-order valence-electron chi connectivity index (χ0n) is 16.8. The summed E-state index contributed by atoms with van der Waals surface area (Å²) in [6.45, 7) is 3.88. The molecule has 7 nitrogen and oxygen atoms in total. The van der Waals surface area contributed by atoms with Crippen LogP contribution in [0.25, 0.3) is 0 Å². The molecule has 166 valence electrons. The quantitative estimate of drug-likeness (QED) is 0.695. The van der Waals surface area contributed by atoms with Gasteiger partial charge in [-0.25, -0.2) is 8.78 Å². The van der Waals surface area contributed by atoms with Gasteiger partial charge in [-0.15, -0.1) is 0 Å². The van der Waals surface area contributed by atoms with Crippen molar-refractivity contribution in [2.75, 3.05) is 19.8 Å². The van der Waals surface area contributed by atoms with Crippen LogP contribution in [-0.2, 0) is 17.8 Å². The Kier molecular flexibility index (Phi) is 6.00. The maximum absolute atomic E-state index is 14.1. The first-order valence-corrected chi connectivity index (χ1v) is 10.4. The molecule has 10 heteroatoms. The highest BCUT2D eigenvalue weighted by Crippen LogP contribution is 2.34. The smallest absolute Gasteiger partial charge is 0.257 e. The fourth-order valence-corrected chi connectivity index (χ4v) is 4.49. The van der Waals surface area contributed by atoms with Crippen molar-refractivity contribution in [2.45, 2.75) is 38.5 Å². The van der Waals surface area contributed by atoms with Crippen molar-refractivity contribution in [1.29, 1.82) is 0 Å². The fraction of sp³-hybridized carbons (Fsp3) is 0.429. The highest BCUT2D eigenvalue weighted by Gasteiger charge is 2.38. The number of pyridine rings is 1. The molecule has 1 amide bonds. The van der Waals surface area contributed by atoms with Crippen LogP contribution in [0.15, 0.2) is 23.1 Å². The lowest BCUT2D eigenvalue weighted by Crippen LogP contribution is -2.51. The molecular weight excluding hydrogens is 432 g/mol. The Morgan fingerprint density at radius 2 is 2.13 bits per heavy atom. The van der Waals surface area contributed by atoms with Gasteiger partial charge in [-0.3, -0.25) is 14.5 Å². The van der Waals surface area contributed by atoms with Crippen LogP contribution in [-0.4, -0.2) is 46.3 Å². The van der Waals surface area contributed by atoms with E-state index in [1.54, 1.807) is 4.57 Å². The molecule has 2 atom stereocenters. The molecule has 2 aliphatic heterocycles. The molecule has 0 aliphatic carbocycles. The Bertz CT molecular complexity index is 1090. The number of carbonyl (C=O) groups excluding carboxylic acids is 1. The van der Waals surface area contributed by atoms with E-state index in [1.165, 1.54) is 6.20 Å². The number of aromatic hydroxyl groups is 1. The zero-order valence-corrected chi connectivity index (χ0v) is 17.6. The number of hydrogen-bond acceptors (Lipinski definition) is 5. The Morgan fingerprint density at radius 3 is 2.87 bits per heavy atom. The summed E-state index contributed by atoms with van der Waals surface area (Å²) < 4.78 is 34.8. The summed E-state index contributed by atoms with van der Waals surface area (Å²) >= 11 is 5.56. The number of benzene rings is 1. The molecule has 1 saturated heterocycles. The number of carbonyl (C=O) groups is 1. The highest BCUT2D eigenvalue weighted by molar-refractivity contribution is 6.30. The number of amides is 1. The van der Waals surface area contributed by atoms with Crippen molar-refractivity contribution in [3.05, 3.63) is 62.0 Å². The molecule has 0 saturated carbocycles. The number of likely N-dealkylation sites (N-methyl/N-ethyl adjacent to an activating group) is 1. The standard InChI is InChI=1S/C21H22ClF2N3O4/c1-2-26-9-15-20(29)19(28)12(8-27(15)16-10-31-6-5-14(16)26)21(30)25-7-11-3-4-13(23)17(22)18(11)24/h3-4,8,14,16,29H,2,5-7,9-10H2,1H3,(H,25,30). The van der Waals surface area contributed by atoms with Crippen LogP contribution < -0.4 is 10.7 Å². The van der Waals surface area contributed by atoms with Crippen molar-refractivity contribution in [3.63, 3.8) is 0 Å². The van der Waals surface area contributed by atoms with Crippen molar-refractivity contribution < 1.29 is 23.4 Å². The Labute approximate surface area is 182 Å². The van der Waals surface area contributed by atoms with Gasteiger partial charge in [0.2, 0.25) is 5.43 Å². The van der Waals surface area contributed by atoms with Gasteiger partial charge in [-0.05, 0) is 19.0 Å². The van der Waals surface area contributed by atoms with E-state index in [1.807, 2.05) is 6.92 Å². The molecule has 31 heavy (non-hydrogen) atoms. The summed E-state index contributed by atoms with van der Waals surface area (Å²) in [7, 11) is 0. The fourth-order valence-electron chi connectivity index (χ4n) is 4.30. The number of hydrogen-bond donors (Lipinski definition) is 2. The molecule has 4 rings (SSSR count). The van der Waals surface area contributed by atoms with Gasteiger partial charge in [0.25, 0.3) is 5.91 Å². The van der Waals surface area contributed by atoms with Gasteiger partial charge in [0, 0.05) is 37.5 Å². The third kappa shape index (κ3) is 3.81. The molecule has 0 radical (unpaired) electrons. The Hall–Kier alpha value is -2.49. The normalized spacial score (nSPS) is 20.8. The van der Waals surface area contributed by atoms with E-state index in [4.69, 9.17) is 16.3 Å². The lowest BCUT2D eigenvalue weighted by molar-refractivity contribution is -0.0250. The van der Waals surface area contributed by atoms with Crippen molar-refractivity contribution in [1.82, 2.24) is 14.8 Å². The van der Waals surface area contributed by atoms with E-state index in [2.05, 4.69) is 10.2 Å². The summed E-state index contributed by atoms with van der Waals surface area (Å²) in [4.78, 5) is 27.6. The highest BCUT2D eigenvalue weighted by atomic mass is 35.5. The van der Waals surface area contributed by atoms with E-state index in [-0.39, 0.29) is 29.8 Å². The summed E-state index contributed by atoms with van der Waals surface area (Å²) in [6, 6.07) is 2.18. The molecule has 1 aromatic carbocycles. The number of ether oxygens (including phenoxy) is 1.